The van der Waals surface area contributed by atoms with E-state index in [-0.39, 0.29) is 31.2 Å². The van der Waals surface area contributed by atoms with Crippen molar-refractivity contribution >= 4 is 41.4 Å². The van der Waals surface area contributed by atoms with Crippen LogP contribution in [-0.2, 0) is 32.1 Å². The molecule has 14 heteroatoms. The second kappa shape index (κ2) is 14.0. The summed E-state index contributed by atoms with van der Waals surface area (Å²) in [7, 11) is 1.10. The van der Waals surface area contributed by atoms with E-state index in [1.54, 1.807) is 48.5 Å². The van der Waals surface area contributed by atoms with Crippen molar-refractivity contribution in [3.8, 4) is 0 Å². The van der Waals surface area contributed by atoms with E-state index in [0.29, 0.717) is 22.4 Å². The average molecular weight is 541 g/mol. The summed E-state index contributed by atoms with van der Waals surface area (Å²) in [5.74, 6) is -2.86. The fourth-order valence-corrected chi connectivity index (χ4v) is 3.69. The minimum atomic E-state index is -1.80. The normalized spacial score (nSPS) is 11.8. The van der Waals surface area contributed by atoms with Gasteiger partial charge < -0.3 is 43.0 Å². The molecule has 208 valence electrons. The van der Waals surface area contributed by atoms with E-state index >= 15 is 0 Å². The maximum Gasteiger partial charge on any atom is 0.407 e. The summed E-state index contributed by atoms with van der Waals surface area (Å²) < 4.78 is 4.67. The fraction of sp³-hybridized carbons (Fsp3) is 0.280. The molecule has 0 radical (unpaired) electrons. The minimum Gasteiger partial charge on any atom is -0.481 e. The van der Waals surface area contributed by atoms with E-state index in [1.807, 2.05) is 0 Å². The number of carboxylic acid groups (broad SMARTS) is 1. The van der Waals surface area contributed by atoms with E-state index in [9.17, 15) is 24.3 Å². The van der Waals surface area contributed by atoms with E-state index in [0.717, 1.165) is 7.11 Å². The summed E-state index contributed by atoms with van der Waals surface area (Å²) in [6, 6.07) is 13.2. The van der Waals surface area contributed by atoms with Crippen molar-refractivity contribution in [1.82, 2.24) is 16.0 Å². The third kappa shape index (κ3) is 9.68. The van der Waals surface area contributed by atoms with Crippen LogP contribution >= 0.6 is 0 Å². The number of nitrogens with two attached hydrogens (primary N) is 3. The number of nitrogens with one attached hydrogen (secondary N) is 4. The van der Waals surface area contributed by atoms with Gasteiger partial charge in [-0.2, -0.15) is 0 Å². The maximum atomic E-state index is 13.4. The van der Waals surface area contributed by atoms with E-state index in [4.69, 9.17) is 22.6 Å². The van der Waals surface area contributed by atoms with Crippen molar-refractivity contribution in [1.29, 1.82) is 5.41 Å². The number of nitrogen functional groups attached to an aromatic ring is 1. The number of nitrogens with zero attached hydrogens (tertiary/aromatic N) is 1. The molecule has 2 rings (SSSR count). The SMILES string of the molecule is COC(=O)N[C@](CCC(=O)O)(Cc1cccc(C(=N)N)c1)C(=O)NCC(=O)NCc1cccc(N=C(N)N)c1. The number of alkyl carbamates (subject to hydrolysis) is 1. The number of methoxy groups -OCH3 is 1. The smallest absolute Gasteiger partial charge is 0.407 e. The Morgan fingerprint density at radius 3 is 2.36 bits per heavy atom. The molecule has 0 saturated heterocycles. The molecule has 0 unspecified atom stereocenters. The first-order chi connectivity index (χ1) is 18.4. The van der Waals surface area contributed by atoms with Gasteiger partial charge in [-0.15, -0.1) is 0 Å². The molecule has 1 atom stereocenters. The highest BCUT2D eigenvalue weighted by Crippen LogP contribution is 2.22. The second-order valence-corrected chi connectivity index (χ2v) is 8.55. The molecule has 14 nitrogen and oxygen atoms in total. The van der Waals surface area contributed by atoms with Gasteiger partial charge in [0, 0.05) is 24.9 Å². The zero-order chi connectivity index (χ0) is 29.0. The third-order valence-corrected chi connectivity index (χ3v) is 5.54. The first kappa shape index (κ1) is 30.1. The van der Waals surface area contributed by atoms with Crippen LogP contribution in [0.25, 0.3) is 0 Å². The lowest BCUT2D eigenvalue weighted by atomic mass is 9.84. The number of benzene rings is 2. The maximum absolute atomic E-state index is 13.4. The summed E-state index contributed by atoms with van der Waals surface area (Å²) in [6.07, 6.45) is -1.92. The molecule has 0 heterocycles. The zero-order valence-electron chi connectivity index (χ0n) is 21.3. The summed E-state index contributed by atoms with van der Waals surface area (Å²) in [5, 5.41) is 24.5. The number of carbonyl (C=O) groups excluding carboxylic acids is 3. The van der Waals surface area contributed by atoms with Gasteiger partial charge in [0.25, 0.3) is 0 Å². The number of carboxylic acids is 1. The summed E-state index contributed by atoms with van der Waals surface area (Å²) >= 11 is 0. The Hall–Kier alpha value is -5.14. The fourth-order valence-electron chi connectivity index (χ4n) is 3.69. The van der Waals surface area contributed by atoms with Crippen molar-refractivity contribution < 1.29 is 29.0 Å². The number of aliphatic carboxylic acids is 1. The Morgan fingerprint density at radius 2 is 1.72 bits per heavy atom. The zero-order valence-corrected chi connectivity index (χ0v) is 21.3. The number of aliphatic imine (C=N–C) groups is 1. The molecule has 0 bridgehead atoms. The minimum absolute atomic E-state index is 0.112. The van der Waals surface area contributed by atoms with Gasteiger partial charge in [0.15, 0.2) is 5.96 Å². The molecule has 0 aliphatic carbocycles. The number of hydrogen-bond acceptors (Lipinski definition) is 7. The predicted octanol–water partition coefficient (Wildman–Crippen LogP) is -0.190. The lowest BCUT2D eigenvalue weighted by Crippen LogP contribution is -2.61. The largest absolute Gasteiger partial charge is 0.481 e. The van der Waals surface area contributed by atoms with Crippen LogP contribution in [-0.4, -0.2) is 60.0 Å². The molecule has 0 spiro atoms. The average Bonchev–Trinajstić information content (AvgIpc) is 2.89. The number of amides is 3. The van der Waals surface area contributed by atoms with Crippen molar-refractivity contribution in [2.75, 3.05) is 13.7 Å². The Labute approximate surface area is 224 Å². The number of rotatable bonds is 13. The molecule has 0 aliphatic heterocycles. The quantitative estimate of drug-likeness (QED) is 0.124. The van der Waals surface area contributed by atoms with Gasteiger partial charge in [0.1, 0.15) is 11.4 Å². The first-order valence-electron chi connectivity index (χ1n) is 11.7. The topological polar surface area (TPSA) is 248 Å². The van der Waals surface area contributed by atoms with Crippen LogP contribution in [0, 0.1) is 5.41 Å². The number of ether oxygens (including phenoxy) is 1. The van der Waals surface area contributed by atoms with E-state index < -0.39 is 42.4 Å². The Kier molecular flexibility index (Phi) is 10.8. The molecule has 0 fully saturated rings. The Morgan fingerprint density at radius 1 is 1.03 bits per heavy atom. The highest BCUT2D eigenvalue weighted by molar-refractivity contribution is 5.95. The standard InChI is InChI=1S/C25H32N8O6/c1-39-24(38)33-25(9-8-20(35)36,12-15-4-2-6-17(10-15)21(26)27)22(37)31-14-19(34)30-13-16-5-3-7-18(11-16)32-23(28)29/h2-7,10-11H,8-9,12-14H2,1H3,(H3,26,27)(H,30,34)(H,31,37)(H,33,38)(H,35,36)(H4,28,29,32)/t25-/m1/s1. The molecular weight excluding hydrogens is 508 g/mol. The number of hydrogen-bond donors (Lipinski definition) is 8. The van der Waals surface area contributed by atoms with Gasteiger partial charge >= 0.3 is 12.1 Å². The van der Waals surface area contributed by atoms with Gasteiger partial charge in [-0.25, -0.2) is 9.79 Å². The van der Waals surface area contributed by atoms with Crippen LogP contribution in [0.2, 0.25) is 0 Å². The van der Waals surface area contributed by atoms with Gasteiger partial charge in [-0.1, -0.05) is 30.3 Å². The van der Waals surface area contributed by atoms with Gasteiger partial charge in [-0.3, -0.25) is 19.8 Å². The van der Waals surface area contributed by atoms with Crippen LogP contribution in [0.5, 0.6) is 0 Å². The molecule has 0 aliphatic rings. The molecular formula is C25H32N8O6. The molecule has 3 amide bonds. The van der Waals surface area contributed by atoms with Crippen molar-refractivity contribution in [3.63, 3.8) is 0 Å². The molecule has 11 N–H and O–H groups in total. The summed E-state index contributed by atoms with van der Waals surface area (Å²) in [4.78, 5) is 53.5. The van der Waals surface area contributed by atoms with Crippen LogP contribution in [0.3, 0.4) is 0 Å². The molecule has 0 saturated carbocycles. The third-order valence-electron chi connectivity index (χ3n) is 5.54. The van der Waals surface area contributed by atoms with E-state index in [1.165, 1.54) is 0 Å². The van der Waals surface area contributed by atoms with Crippen LogP contribution in [0.1, 0.15) is 29.5 Å². The molecule has 0 aromatic heterocycles. The molecule has 39 heavy (non-hydrogen) atoms. The number of amidine groups is 1. The summed E-state index contributed by atoms with van der Waals surface area (Å²) in [6.45, 7) is -0.345. The van der Waals surface area contributed by atoms with E-state index in [2.05, 4.69) is 25.7 Å². The van der Waals surface area contributed by atoms with Gasteiger partial charge in [0.2, 0.25) is 11.8 Å². The lowest BCUT2D eigenvalue weighted by molar-refractivity contribution is -0.138. The van der Waals surface area contributed by atoms with Crippen LogP contribution in [0.15, 0.2) is 53.5 Å². The second-order valence-electron chi connectivity index (χ2n) is 8.55. The number of guanidine groups is 1. The predicted molar refractivity (Wildman–Crippen MR) is 143 cm³/mol. The lowest BCUT2D eigenvalue weighted by Gasteiger charge is -2.33. The highest BCUT2D eigenvalue weighted by Gasteiger charge is 2.41. The highest BCUT2D eigenvalue weighted by atomic mass is 16.5. The Bertz CT molecular complexity index is 1260. The van der Waals surface area contributed by atoms with Gasteiger partial charge in [0.05, 0.1) is 19.3 Å². The first-order valence-corrected chi connectivity index (χ1v) is 11.7. The summed E-state index contributed by atoms with van der Waals surface area (Å²) in [5.41, 5.74) is 16.6. The van der Waals surface area contributed by atoms with Crippen LogP contribution in [0.4, 0.5) is 10.5 Å². The van der Waals surface area contributed by atoms with Crippen LogP contribution < -0.4 is 33.2 Å². The van der Waals surface area contributed by atoms with Crippen molar-refractivity contribution in [3.05, 3.63) is 65.2 Å². The molecule has 2 aromatic carbocycles. The van der Waals surface area contributed by atoms with Crippen molar-refractivity contribution in [2.45, 2.75) is 31.3 Å². The Balaban J connectivity index is 2.21. The van der Waals surface area contributed by atoms with Crippen molar-refractivity contribution in [2.24, 2.45) is 22.2 Å². The van der Waals surface area contributed by atoms with Gasteiger partial charge in [-0.05, 0) is 35.7 Å². The number of carbonyl (C=O) groups is 4. The molecule has 2 aromatic rings. The monoisotopic (exact) mass is 540 g/mol.